The van der Waals surface area contributed by atoms with Crippen molar-refractivity contribution in [1.29, 1.82) is 0 Å². The van der Waals surface area contributed by atoms with Gasteiger partial charge in [0.2, 0.25) is 15.9 Å². The number of piperidine rings is 1. The van der Waals surface area contributed by atoms with Gasteiger partial charge in [0.25, 0.3) is 10.2 Å². The summed E-state index contributed by atoms with van der Waals surface area (Å²) in [5.41, 5.74) is -0.0138. The number of sulfonamides is 1. The van der Waals surface area contributed by atoms with E-state index in [1.54, 1.807) is 0 Å². The zero-order valence-corrected chi connectivity index (χ0v) is 28.8. The molecule has 1 aromatic heterocycles. The lowest BCUT2D eigenvalue weighted by Gasteiger charge is -2.41. The van der Waals surface area contributed by atoms with Gasteiger partial charge in [0.05, 0.1) is 29.9 Å². The standard InChI is InChI=1S/C33H38F4N6O5S2/c1-49(45,46)41-27-6-9-42(10-7-27)50(47,48)43-11-8-38-20-33(43)17-23(33)14-29-30(37)18-39-19-31(29)40-32(44)16-28(21-2-4-24(34)5-3-21)22-12-25(35)15-26(36)13-22/h2-5,12-13,15,18-19,23,27-28,38,41H,6-11,14,16-17,20H2,1H3,(H,40,44)/t23-,28+,33+/m1/s1. The van der Waals surface area contributed by atoms with Crippen molar-refractivity contribution in [3.05, 3.63) is 94.8 Å². The van der Waals surface area contributed by atoms with E-state index in [2.05, 4.69) is 20.3 Å². The fourth-order valence-corrected chi connectivity index (χ4v) is 10.1. The number of rotatable bonds is 11. The minimum Gasteiger partial charge on any atom is -0.324 e. The highest BCUT2D eigenvalue weighted by atomic mass is 32.2. The van der Waals surface area contributed by atoms with Gasteiger partial charge < -0.3 is 10.6 Å². The maximum Gasteiger partial charge on any atom is 0.282 e. The number of nitrogens with zero attached hydrogens (tertiary/aromatic N) is 3. The molecule has 0 radical (unpaired) electrons. The van der Waals surface area contributed by atoms with Gasteiger partial charge in [-0.05, 0) is 67.0 Å². The second kappa shape index (κ2) is 14.3. The molecule has 1 aliphatic carbocycles. The van der Waals surface area contributed by atoms with Crippen LogP contribution in [0, 0.1) is 29.2 Å². The Morgan fingerprint density at radius 1 is 0.960 bits per heavy atom. The van der Waals surface area contributed by atoms with Crippen molar-refractivity contribution in [2.24, 2.45) is 5.92 Å². The Kier molecular flexibility index (Phi) is 10.4. The van der Waals surface area contributed by atoms with Gasteiger partial charge in [-0.2, -0.15) is 17.0 Å². The van der Waals surface area contributed by atoms with Gasteiger partial charge in [0.15, 0.2) is 0 Å². The Labute approximate surface area is 288 Å². The first-order valence-corrected chi connectivity index (χ1v) is 19.5. The number of piperazine rings is 1. The van der Waals surface area contributed by atoms with Gasteiger partial charge in [0.1, 0.15) is 23.3 Å². The van der Waals surface area contributed by atoms with Gasteiger partial charge >= 0.3 is 0 Å². The Morgan fingerprint density at radius 3 is 2.30 bits per heavy atom. The minimum absolute atomic E-state index is 0.0824. The quantitative estimate of drug-likeness (QED) is 0.257. The molecule has 3 aromatic rings. The lowest BCUT2D eigenvalue weighted by Crippen LogP contribution is -2.61. The summed E-state index contributed by atoms with van der Waals surface area (Å²) in [5, 5.41) is 5.95. The van der Waals surface area contributed by atoms with Crippen molar-refractivity contribution in [1.82, 2.24) is 23.6 Å². The van der Waals surface area contributed by atoms with Gasteiger partial charge in [-0.3, -0.25) is 9.78 Å². The molecule has 3 N–H and O–H groups in total. The molecule has 3 aliphatic rings. The lowest BCUT2D eigenvalue weighted by atomic mass is 9.88. The fourth-order valence-electron chi connectivity index (χ4n) is 7.25. The number of hydrogen-bond donors (Lipinski definition) is 3. The second-order valence-electron chi connectivity index (χ2n) is 13.2. The van der Waals surface area contributed by atoms with Crippen LogP contribution in [0.15, 0.2) is 54.9 Å². The number of carbonyl (C=O) groups excluding carboxylic acids is 1. The predicted octanol–water partition coefficient (Wildman–Crippen LogP) is 3.26. The Hall–Kier alpha value is -3.48. The molecule has 2 aromatic carbocycles. The van der Waals surface area contributed by atoms with E-state index in [-0.39, 0.29) is 61.2 Å². The third kappa shape index (κ3) is 8.02. The van der Waals surface area contributed by atoms with E-state index in [0.29, 0.717) is 44.0 Å². The minimum atomic E-state index is -3.94. The summed E-state index contributed by atoms with van der Waals surface area (Å²) in [6.07, 6.45) is 4.25. The molecule has 3 fully saturated rings. The van der Waals surface area contributed by atoms with E-state index < -0.39 is 60.9 Å². The summed E-state index contributed by atoms with van der Waals surface area (Å²) in [5.74, 6) is -4.68. The number of benzene rings is 2. The van der Waals surface area contributed by atoms with E-state index >= 15 is 4.39 Å². The summed E-state index contributed by atoms with van der Waals surface area (Å²) in [7, 11) is -7.37. The summed E-state index contributed by atoms with van der Waals surface area (Å²) < 4.78 is 114. The van der Waals surface area contributed by atoms with Crippen LogP contribution in [-0.2, 0) is 31.4 Å². The highest BCUT2D eigenvalue weighted by Gasteiger charge is 2.63. The number of amides is 1. The fraction of sp³-hybridized carbons (Fsp3) is 0.455. The van der Waals surface area contributed by atoms with Crippen molar-refractivity contribution >= 4 is 31.8 Å². The molecule has 1 saturated carbocycles. The van der Waals surface area contributed by atoms with E-state index in [1.165, 1.54) is 39.1 Å². The molecular formula is C33H38F4N6O5S2. The van der Waals surface area contributed by atoms with E-state index in [1.807, 2.05) is 0 Å². The van der Waals surface area contributed by atoms with Gasteiger partial charge in [-0.1, -0.05) is 12.1 Å². The number of carbonyl (C=O) groups is 1. The monoisotopic (exact) mass is 738 g/mol. The first-order chi connectivity index (χ1) is 23.6. The topological polar surface area (TPSA) is 141 Å². The van der Waals surface area contributed by atoms with Crippen molar-refractivity contribution < 1.29 is 39.2 Å². The zero-order chi connectivity index (χ0) is 35.8. The van der Waals surface area contributed by atoms with Gasteiger partial charge in [-0.15, -0.1) is 0 Å². The van der Waals surface area contributed by atoms with Gasteiger partial charge in [-0.25, -0.2) is 30.7 Å². The largest absolute Gasteiger partial charge is 0.324 e. The van der Waals surface area contributed by atoms with Crippen LogP contribution in [0.4, 0.5) is 23.2 Å². The van der Waals surface area contributed by atoms with Crippen LogP contribution in [0.5, 0.6) is 0 Å². The van der Waals surface area contributed by atoms with E-state index in [0.717, 1.165) is 24.6 Å². The first kappa shape index (κ1) is 36.3. The van der Waals surface area contributed by atoms with Crippen LogP contribution in [0.2, 0.25) is 0 Å². The highest BCUT2D eigenvalue weighted by Crippen LogP contribution is 2.53. The zero-order valence-electron chi connectivity index (χ0n) is 27.2. The Balaban J connectivity index is 1.18. The van der Waals surface area contributed by atoms with Gasteiger partial charge in [0, 0.05) is 62.7 Å². The molecule has 17 heteroatoms. The average Bonchev–Trinajstić information content (AvgIpc) is 3.71. The molecule has 11 nitrogen and oxygen atoms in total. The summed E-state index contributed by atoms with van der Waals surface area (Å²) >= 11 is 0. The maximum atomic E-state index is 15.4. The van der Waals surface area contributed by atoms with Crippen molar-refractivity contribution in [2.75, 3.05) is 44.3 Å². The second-order valence-corrected chi connectivity index (χ2v) is 16.9. The molecule has 3 atom stereocenters. The normalized spacial score (nSPS) is 22.8. The summed E-state index contributed by atoms with van der Waals surface area (Å²) in [4.78, 5) is 17.4. The van der Waals surface area contributed by atoms with Crippen LogP contribution in [0.3, 0.4) is 0 Å². The summed E-state index contributed by atoms with van der Waals surface area (Å²) in [6, 6.07) is 7.74. The van der Waals surface area contributed by atoms with Crippen LogP contribution in [-0.4, -0.2) is 86.9 Å². The molecule has 3 heterocycles. The van der Waals surface area contributed by atoms with Crippen LogP contribution in [0.25, 0.3) is 0 Å². The lowest BCUT2D eigenvalue weighted by molar-refractivity contribution is -0.116. The molecule has 1 amide bonds. The smallest absolute Gasteiger partial charge is 0.282 e. The predicted molar refractivity (Wildman–Crippen MR) is 178 cm³/mol. The number of hydrogen-bond acceptors (Lipinski definition) is 7. The summed E-state index contributed by atoms with van der Waals surface area (Å²) in [6.45, 7) is 1.28. The SMILES string of the molecule is CS(=O)(=O)NC1CCN(S(=O)(=O)N2CCNC[C@]23C[C@H]3Cc2c(F)cncc2NC(=O)C[C@@H](c2ccc(F)cc2)c2cc(F)cc(F)c2)CC1. The molecule has 2 aliphatic heterocycles. The third-order valence-corrected chi connectivity index (χ3v) is 12.6. The Morgan fingerprint density at radius 2 is 1.64 bits per heavy atom. The number of aromatic nitrogens is 1. The molecule has 270 valence electrons. The average molecular weight is 739 g/mol. The number of pyridine rings is 1. The molecule has 2 saturated heterocycles. The Bertz CT molecular complexity index is 1940. The molecule has 0 bridgehead atoms. The maximum absolute atomic E-state index is 15.4. The molecule has 0 unspecified atom stereocenters. The number of nitrogens with one attached hydrogen (secondary N) is 3. The first-order valence-electron chi connectivity index (χ1n) is 16.2. The van der Waals surface area contributed by atoms with E-state index in [4.69, 9.17) is 0 Å². The van der Waals surface area contributed by atoms with Crippen molar-refractivity contribution in [2.45, 2.75) is 49.6 Å². The number of anilines is 1. The van der Waals surface area contributed by atoms with Crippen molar-refractivity contribution in [3.8, 4) is 0 Å². The molecule has 1 spiro atoms. The third-order valence-electron chi connectivity index (χ3n) is 9.74. The molecular weight excluding hydrogens is 701 g/mol. The number of halogens is 4. The molecule has 6 rings (SSSR count). The highest BCUT2D eigenvalue weighted by molar-refractivity contribution is 7.88. The van der Waals surface area contributed by atoms with E-state index in [9.17, 15) is 34.8 Å². The van der Waals surface area contributed by atoms with Crippen molar-refractivity contribution in [3.63, 3.8) is 0 Å². The van der Waals surface area contributed by atoms with Crippen LogP contribution < -0.4 is 15.4 Å². The van der Waals surface area contributed by atoms with Crippen LogP contribution >= 0.6 is 0 Å². The molecule has 50 heavy (non-hydrogen) atoms. The van der Waals surface area contributed by atoms with Crippen LogP contribution in [0.1, 0.15) is 48.3 Å².